The van der Waals surface area contributed by atoms with Gasteiger partial charge in [-0.05, 0) is 47.5 Å². The maximum Gasteiger partial charge on any atom is 0.246 e. The summed E-state index contributed by atoms with van der Waals surface area (Å²) in [4.78, 5) is 0. The minimum Gasteiger partial charge on any atom is -0.504 e. The van der Waals surface area contributed by atoms with Crippen LogP contribution in [-0.4, -0.2) is 41.3 Å². The average molecular weight is 441 g/mol. The molecule has 0 saturated heterocycles. The second kappa shape index (κ2) is 8.99. The van der Waals surface area contributed by atoms with Crippen LogP contribution in [0.4, 0.5) is 0 Å². The third kappa shape index (κ3) is 6.52. The van der Waals surface area contributed by atoms with Gasteiger partial charge in [0.15, 0.2) is 23.0 Å². The summed E-state index contributed by atoms with van der Waals surface area (Å²) in [5.41, 5.74) is 0.739. The van der Waals surface area contributed by atoms with Crippen LogP contribution >= 0.6 is 0 Å². The quantitative estimate of drug-likeness (QED) is 0.565. The normalized spacial score (nSPS) is 12.5. The first-order valence-electron chi connectivity index (χ1n) is 7.94. The van der Waals surface area contributed by atoms with Crippen molar-refractivity contribution in [1.82, 2.24) is 4.13 Å². The molecule has 0 radical (unpaired) electrons. The predicted molar refractivity (Wildman–Crippen MR) is 108 cm³/mol. The summed E-state index contributed by atoms with van der Waals surface area (Å²) in [6.45, 7) is 0. The molecule has 0 aliphatic carbocycles. The predicted octanol–water partition coefficient (Wildman–Crippen LogP) is 2.01. The zero-order chi connectivity index (χ0) is 21.7. The van der Waals surface area contributed by atoms with E-state index in [1.807, 2.05) is 0 Å². The van der Waals surface area contributed by atoms with Gasteiger partial charge in [-0.25, -0.2) is 16.8 Å². The Labute approximate surface area is 168 Å². The number of hydrogen-bond donors (Lipinski definition) is 3. The molecule has 2 aromatic carbocycles. The maximum atomic E-state index is 12.1. The van der Waals surface area contributed by atoms with Gasteiger partial charge in [0.2, 0.25) is 20.0 Å². The van der Waals surface area contributed by atoms with Gasteiger partial charge < -0.3 is 19.7 Å². The Morgan fingerprint density at radius 3 is 1.48 bits per heavy atom. The van der Waals surface area contributed by atoms with Crippen LogP contribution in [-0.2, 0) is 20.0 Å². The molecule has 0 aliphatic heterocycles. The lowest BCUT2D eigenvalue weighted by atomic mass is 10.2. The molecule has 0 spiro atoms. The Hall–Kier alpha value is -3.02. The number of benzene rings is 2. The largest absolute Gasteiger partial charge is 0.504 e. The molecule has 0 atom stereocenters. The number of hydrogen-bond acceptors (Lipinski definition) is 8. The van der Waals surface area contributed by atoms with Gasteiger partial charge in [-0.2, -0.15) is 0 Å². The van der Waals surface area contributed by atoms with Crippen molar-refractivity contribution in [3.05, 3.63) is 58.3 Å². The molecule has 2 aromatic rings. The van der Waals surface area contributed by atoms with Crippen molar-refractivity contribution in [2.24, 2.45) is 0 Å². The van der Waals surface area contributed by atoms with E-state index in [2.05, 4.69) is 0 Å². The number of rotatable bonds is 8. The van der Waals surface area contributed by atoms with E-state index in [0.717, 1.165) is 12.2 Å². The highest BCUT2D eigenvalue weighted by atomic mass is 32.3. The number of sulfonamides is 2. The van der Waals surface area contributed by atoms with Gasteiger partial charge in [0, 0.05) is 10.8 Å². The monoisotopic (exact) mass is 441 g/mol. The van der Waals surface area contributed by atoms with E-state index in [9.17, 15) is 27.0 Å². The number of phenols is 2. The Kier molecular flexibility index (Phi) is 6.90. The van der Waals surface area contributed by atoms with Crippen LogP contribution in [0.5, 0.6) is 23.0 Å². The van der Waals surface area contributed by atoms with E-state index in [4.69, 9.17) is 9.47 Å². The number of phenolic OH excluding ortho intramolecular Hbond substituents is 2. The first-order valence-corrected chi connectivity index (χ1v) is 11.0. The molecule has 0 bridgehead atoms. The van der Waals surface area contributed by atoms with Crippen molar-refractivity contribution in [1.29, 1.82) is 0 Å². The highest BCUT2D eigenvalue weighted by molar-refractivity contribution is 8.07. The van der Waals surface area contributed by atoms with E-state index in [0.29, 0.717) is 21.9 Å². The summed E-state index contributed by atoms with van der Waals surface area (Å²) < 4.78 is 59.6. The Balaban J connectivity index is 2.15. The lowest BCUT2D eigenvalue weighted by molar-refractivity contribution is 0.373. The molecule has 29 heavy (non-hydrogen) atoms. The van der Waals surface area contributed by atoms with Gasteiger partial charge in [0.25, 0.3) is 0 Å². The van der Waals surface area contributed by atoms with Gasteiger partial charge in [0.1, 0.15) is 0 Å². The molecule has 0 amide bonds. The van der Waals surface area contributed by atoms with Crippen LogP contribution in [0.1, 0.15) is 11.1 Å². The lowest BCUT2D eigenvalue weighted by Gasteiger charge is -2.05. The number of ether oxygens (including phenoxy) is 2. The van der Waals surface area contributed by atoms with Crippen molar-refractivity contribution < 1.29 is 36.5 Å². The first-order chi connectivity index (χ1) is 13.5. The van der Waals surface area contributed by atoms with Crippen LogP contribution in [0, 0.1) is 0 Å². The number of nitrogens with one attached hydrogen (secondary N) is 1. The molecule has 156 valence electrons. The lowest BCUT2D eigenvalue weighted by Crippen LogP contribution is -2.26. The third-order valence-electron chi connectivity index (χ3n) is 3.52. The molecule has 0 saturated carbocycles. The molecule has 3 N–H and O–H groups in total. The maximum absolute atomic E-state index is 12.1. The Morgan fingerprint density at radius 2 is 1.14 bits per heavy atom. The first kappa shape index (κ1) is 22.3. The Bertz CT molecular complexity index is 1060. The minimum absolute atomic E-state index is 0.121. The van der Waals surface area contributed by atoms with E-state index in [1.54, 1.807) is 4.13 Å². The van der Waals surface area contributed by atoms with Crippen molar-refractivity contribution in [2.45, 2.75) is 0 Å². The summed E-state index contributed by atoms with van der Waals surface area (Å²) in [5.74, 6) is 0.0307. The fraction of sp³-hybridized carbons (Fsp3) is 0.111. The highest BCUT2D eigenvalue weighted by Gasteiger charge is 2.15. The summed E-state index contributed by atoms with van der Waals surface area (Å²) in [6, 6.07) is 8.24. The standard InChI is InChI=1S/C18H19NO8S2/c1-26-17-11-13(3-5-15(17)20)7-9-28(22,23)19-29(24,25)10-8-14-4-6-16(21)18(12-14)27-2/h3-12,19-21H,1-2H3/b9-7-,10-8+. The summed E-state index contributed by atoms with van der Waals surface area (Å²) >= 11 is 0. The van der Waals surface area contributed by atoms with Crippen molar-refractivity contribution >= 4 is 32.2 Å². The van der Waals surface area contributed by atoms with Crippen LogP contribution < -0.4 is 13.6 Å². The molecular formula is C18H19NO8S2. The van der Waals surface area contributed by atoms with E-state index in [1.165, 1.54) is 50.6 Å². The van der Waals surface area contributed by atoms with Gasteiger partial charge in [-0.15, -0.1) is 4.13 Å². The van der Waals surface area contributed by atoms with E-state index < -0.39 is 20.0 Å². The second-order valence-corrected chi connectivity index (χ2v) is 9.03. The molecule has 2 rings (SSSR count). The summed E-state index contributed by atoms with van der Waals surface area (Å²) in [5, 5.41) is 20.4. The second-order valence-electron chi connectivity index (χ2n) is 5.64. The average Bonchev–Trinajstić information content (AvgIpc) is 2.66. The Morgan fingerprint density at radius 1 is 0.759 bits per heavy atom. The van der Waals surface area contributed by atoms with E-state index >= 15 is 0 Å². The van der Waals surface area contributed by atoms with Crippen LogP contribution in [0.2, 0.25) is 0 Å². The highest BCUT2D eigenvalue weighted by Crippen LogP contribution is 2.27. The zero-order valence-corrected chi connectivity index (χ0v) is 17.1. The zero-order valence-electron chi connectivity index (χ0n) is 15.4. The van der Waals surface area contributed by atoms with Crippen LogP contribution in [0.15, 0.2) is 47.2 Å². The van der Waals surface area contributed by atoms with Crippen molar-refractivity contribution in [3.8, 4) is 23.0 Å². The van der Waals surface area contributed by atoms with Gasteiger partial charge in [-0.1, -0.05) is 12.1 Å². The molecular weight excluding hydrogens is 422 g/mol. The third-order valence-corrected chi connectivity index (χ3v) is 6.37. The van der Waals surface area contributed by atoms with Crippen LogP contribution in [0.3, 0.4) is 0 Å². The van der Waals surface area contributed by atoms with Gasteiger partial charge >= 0.3 is 0 Å². The van der Waals surface area contributed by atoms with Gasteiger partial charge in [-0.3, -0.25) is 0 Å². The molecule has 0 unspecified atom stereocenters. The number of methoxy groups -OCH3 is 2. The molecule has 0 aromatic heterocycles. The topological polar surface area (TPSA) is 139 Å². The molecule has 9 nitrogen and oxygen atoms in total. The molecule has 11 heteroatoms. The molecule has 0 fully saturated rings. The fourth-order valence-corrected chi connectivity index (χ4v) is 4.56. The van der Waals surface area contributed by atoms with Gasteiger partial charge in [0.05, 0.1) is 14.2 Å². The van der Waals surface area contributed by atoms with Crippen LogP contribution in [0.25, 0.3) is 12.2 Å². The van der Waals surface area contributed by atoms with Crippen molar-refractivity contribution in [2.75, 3.05) is 14.2 Å². The SMILES string of the molecule is COc1cc(/C=C\S(=O)(=O)NS(=O)(=O)/C=C/c2ccc(O)c(OC)c2)ccc1O. The summed E-state index contributed by atoms with van der Waals surface area (Å²) in [7, 11) is -5.98. The van der Waals surface area contributed by atoms with E-state index in [-0.39, 0.29) is 23.0 Å². The smallest absolute Gasteiger partial charge is 0.246 e. The molecule has 0 aliphatic rings. The van der Waals surface area contributed by atoms with Crippen molar-refractivity contribution in [3.63, 3.8) is 0 Å². The number of aromatic hydroxyl groups is 2. The minimum atomic E-state index is -4.33. The summed E-state index contributed by atoms with van der Waals surface area (Å²) in [6.07, 6.45) is 2.29. The fourth-order valence-electron chi connectivity index (χ4n) is 2.15. The molecule has 0 heterocycles.